The van der Waals surface area contributed by atoms with Gasteiger partial charge in [-0.05, 0) is 42.2 Å². The van der Waals surface area contributed by atoms with Crippen LogP contribution in [0.1, 0.15) is 50.2 Å². The van der Waals surface area contributed by atoms with E-state index in [4.69, 9.17) is 9.47 Å². The first-order valence-corrected chi connectivity index (χ1v) is 13.3. The van der Waals surface area contributed by atoms with E-state index in [2.05, 4.69) is 6.92 Å². The summed E-state index contributed by atoms with van der Waals surface area (Å²) in [7, 11) is 0. The Kier molecular flexibility index (Phi) is 9.64. The molecule has 6 heteroatoms. The maximum absolute atomic E-state index is 15.0. The monoisotopic (exact) mass is 536 g/mol. The molecule has 0 aliphatic carbocycles. The van der Waals surface area contributed by atoms with Crippen LogP contribution in [0.5, 0.6) is 11.5 Å². The Hall–Kier alpha value is -3.80. The number of hydrogen-bond donors (Lipinski definition) is 0. The van der Waals surface area contributed by atoms with E-state index in [1.165, 1.54) is 12.1 Å². The molecule has 0 heterocycles. The molecule has 0 saturated heterocycles. The van der Waals surface area contributed by atoms with Gasteiger partial charge in [-0.25, -0.2) is 8.78 Å². The molecule has 2 nitrogen and oxygen atoms in total. The maximum atomic E-state index is 15.0. The zero-order valence-electron chi connectivity index (χ0n) is 22.2. The molecule has 0 spiro atoms. The highest BCUT2D eigenvalue weighted by molar-refractivity contribution is 5.72. The average Bonchev–Trinajstić information content (AvgIpc) is 2.95. The van der Waals surface area contributed by atoms with Crippen molar-refractivity contribution in [1.29, 1.82) is 0 Å². The molecule has 204 valence electrons. The summed E-state index contributed by atoms with van der Waals surface area (Å²) in [5, 5.41) is 0. The van der Waals surface area contributed by atoms with Gasteiger partial charge in [-0.2, -0.15) is 8.78 Å². The average molecular weight is 537 g/mol. The van der Waals surface area contributed by atoms with Crippen molar-refractivity contribution in [2.24, 2.45) is 0 Å². The van der Waals surface area contributed by atoms with Gasteiger partial charge in [0.1, 0.15) is 6.61 Å². The summed E-state index contributed by atoms with van der Waals surface area (Å²) >= 11 is 0. The quantitative estimate of drug-likeness (QED) is 0.133. The van der Waals surface area contributed by atoms with E-state index in [0.29, 0.717) is 23.3 Å². The van der Waals surface area contributed by atoms with Crippen LogP contribution >= 0.6 is 0 Å². The number of halogens is 4. The smallest absolute Gasteiger partial charge is 0.204 e. The van der Waals surface area contributed by atoms with Crippen molar-refractivity contribution in [2.45, 2.75) is 52.6 Å². The highest BCUT2D eigenvalue weighted by Crippen LogP contribution is 2.32. The van der Waals surface area contributed by atoms with E-state index in [9.17, 15) is 17.6 Å². The van der Waals surface area contributed by atoms with E-state index in [1.807, 2.05) is 19.1 Å². The van der Waals surface area contributed by atoms with E-state index in [-0.39, 0.29) is 29.2 Å². The lowest BCUT2D eigenvalue weighted by atomic mass is 9.98. The first-order chi connectivity index (χ1) is 18.9. The van der Waals surface area contributed by atoms with Crippen molar-refractivity contribution >= 4 is 0 Å². The van der Waals surface area contributed by atoms with Crippen LogP contribution < -0.4 is 9.47 Å². The molecule has 39 heavy (non-hydrogen) atoms. The lowest BCUT2D eigenvalue weighted by Crippen LogP contribution is -2.03. The van der Waals surface area contributed by atoms with Crippen molar-refractivity contribution in [3.63, 3.8) is 0 Å². The second kappa shape index (κ2) is 13.3. The number of ether oxygens (including phenoxy) is 2. The fourth-order valence-corrected chi connectivity index (χ4v) is 4.29. The minimum Gasteiger partial charge on any atom is -0.490 e. The number of benzene rings is 4. The molecule has 0 fully saturated rings. The highest BCUT2D eigenvalue weighted by atomic mass is 19.2. The maximum Gasteiger partial charge on any atom is 0.204 e. The van der Waals surface area contributed by atoms with Gasteiger partial charge < -0.3 is 9.47 Å². The molecule has 0 radical (unpaired) electrons. The lowest BCUT2D eigenvalue weighted by Gasteiger charge is -2.12. The van der Waals surface area contributed by atoms with Crippen molar-refractivity contribution in [3.8, 4) is 33.8 Å². The molecule has 4 aromatic carbocycles. The molecule has 0 unspecified atom stereocenters. The summed E-state index contributed by atoms with van der Waals surface area (Å²) in [5.41, 5.74) is 3.09. The Morgan fingerprint density at radius 2 is 1.05 bits per heavy atom. The van der Waals surface area contributed by atoms with Gasteiger partial charge in [0, 0.05) is 11.1 Å². The third kappa shape index (κ3) is 6.99. The van der Waals surface area contributed by atoms with Gasteiger partial charge in [0.2, 0.25) is 11.6 Å². The van der Waals surface area contributed by atoms with Crippen LogP contribution in [0.15, 0.2) is 72.8 Å². The first-order valence-electron chi connectivity index (χ1n) is 13.3. The predicted molar refractivity (Wildman–Crippen MR) is 147 cm³/mol. The SMILES string of the molecule is CCCCCCCOc1ccc(OCc2ccc(-c3ccc(-c4ccc(C)cc4)c(F)c3F)cc2)c(F)c1F. The second-order valence-electron chi connectivity index (χ2n) is 9.59. The van der Waals surface area contributed by atoms with Crippen LogP contribution in [0.2, 0.25) is 0 Å². The van der Waals surface area contributed by atoms with E-state index >= 15 is 0 Å². The molecule has 0 amide bonds. The Bertz CT molecular complexity index is 1380. The summed E-state index contributed by atoms with van der Waals surface area (Å²) in [5.74, 6) is -4.40. The van der Waals surface area contributed by atoms with Gasteiger partial charge in [0.25, 0.3) is 0 Å². The van der Waals surface area contributed by atoms with E-state index in [1.54, 1.807) is 48.5 Å². The Balaban J connectivity index is 1.38. The molecule has 0 bridgehead atoms. The van der Waals surface area contributed by atoms with Crippen molar-refractivity contribution in [3.05, 3.63) is 107 Å². The number of unbranched alkanes of at least 4 members (excludes halogenated alkanes) is 4. The summed E-state index contributed by atoms with van der Waals surface area (Å²) in [6, 6.07) is 19.6. The molecule has 0 N–H and O–H groups in total. The molecule has 0 aliphatic heterocycles. The van der Waals surface area contributed by atoms with Gasteiger partial charge in [0.15, 0.2) is 23.1 Å². The summed E-state index contributed by atoms with van der Waals surface area (Å²) < 4.78 is 69.7. The summed E-state index contributed by atoms with van der Waals surface area (Å²) in [6.45, 7) is 4.35. The van der Waals surface area contributed by atoms with Crippen molar-refractivity contribution < 1.29 is 27.0 Å². The third-order valence-electron chi connectivity index (χ3n) is 6.62. The molecule has 0 saturated carbocycles. The molecular weight excluding hydrogens is 504 g/mol. The van der Waals surface area contributed by atoms with Gasteiger partial charge >= 0.3 is 0 Å². The van der Waals surface area contributed by atoms with E-state index in [0.717, 1.165) is 37.7 Å². The molecular formula is C33H32F4O2. The molecule has 4 aromatic rings. The molecule has 0 aromatic heterocycles. The Morgan fingerprint density at radius 3 is 1.62 bits per heavy atom. The van der Waals surface area contributed by atoms with Crippen LogP contribution in [-0.2, 0) is 6.61 Å². The van der Waals surface area contributed by atoms with Gasteiger partial charge in [-0.3, -0.25) is 0 Å². The minimum absolute atomic E-state index is 0.0303. The normalized spacial score (nSPS) is 11.0. The van der Waals surface area contributed by atoms with Crippen molar-refractivity contribution in [2.75, 3.05) is 6.61 Å². The highest BCUT2D eigenvalue weighted by Gasteiger charge is 2.17. The minimum atomic E-state index is -1.11. The zero-order chi connectivity index (χ0) is 27.8. The van der Waals surface area contributed by atoms with Crippen molar-refractivity contribution in [1.82, 2.24) is 0 Å². The zero-order valence-corrected chi connectivity index (χ0v) is 22.2. The van der Waals surface area contributed by atoms with Gasteiger partial charge in [-0.1, -0.05) is 98.8 Å². The summed E-state index contributed by atoms with van der Waals surface area (Å²) in [4.78, 5) is 0. The Morgan fingerprint density at radius 1 is 0.538 bits per heavy atom. The van der Waals surface area contributed by atoms with Gasteiger partial charge in [0.05, 0.1) is 6.61 Å². The second-order valence-corrected chi connectivity index (χ2v) is 9.59. The van der Waals surface area contributed by atoms with Crippen LogP contribution in [0.4, 0.5) is 17.6 Å². The number of hydrogen-bond acceptors (Lipinski definition) is 2. The van der Waals surface area contributed by atoms with Crippen LogP contribution in [0.3, 0.4) is 0 Å². The fraction of sp³-hybridized carbons (Fsp3) is 0.273. The van der Waals surface area contributed by atoms with Crippen LogP contribution in [0, 0.1) is 30.2 Å². The fourth-order valence-electron chi connectivity index (χ4n) is 4.29. The van der Waals surface area contributed by atoms with Gasteiger partial charge in [-0.15, -0.1) is 0 Å². The number of aryl methyl sites for hydroxylation is 1. The lowest BCUT2D eigenvalue weighted by molar-refractivity contribution is 0.266. The van der Waals surface area contributed by atoms with Crippen LogP contribution in [-0.4, -0.2) is 6.61 Å². The first kappa shape index (κ1) is 28.2. The topological polar surface area (TPSA) is 18.5 Å². The molecule has 0 atom stereocenters. The standard InChI is InChI=1S/C33H32F4O2/c1-3-4-5-6-7-20-38-28-18-19-29(33(37)32(28)36)39-21-23-10-14-25(15-11-23)27-17-16-26(30(34)31(27)35)24-12-8-22(2)9-13-24/h8-19H,3-7,20-21H2,1-2H3. The Labute approximate surface area is 227 Å². The van der Waals surface area contributed by atoms with Crippen LogP contribution in [0.25, 0.3) is 22.3 Å². The molecule has 0 aliphatic rings. The number of rotatable bonds is 12. The summed E-state index contributed by atoms with van der Waals surface area (Å²) in [6.07, 6.45) is 5.14. The third-order valence-corrected chi connectivity index (χ3v) is 6.62. The molecule has 4 rings (SSSR count). The largest absolute Gasteiger partial charge is 0.490 e. The predicted octanol–water partition coefficient (Wildman–Crippen LogP) is 9.81. The van der Waals surface area contributed by atoms with E-state index < -0.39 is 23.3 Å².